The largest absolute Gasteiger partial charge is 0.388 e. The first-order valence-electron chi connectivity index (χ1n) is 7.96. The molecular weight excluding hydrogens is 264 g/mol. The summed E-state index contributed by atoms with van der Waals surface area (Å²) in [5, 5.41) is 13.9. The van der Waals surface area contributed by atoms with Crippen molar-refractivity contribution in [3.05, 3.63) is 29.3 Å². The predicted molar refractivity (Wildman–Crippen MR) is 83.3 cm³/mol. The maximum absolute atomic E-state index is 11.7. The van der Waals surface area contributed by atoms with Crippen molar-refractivity contribution in [3.8, 4) is 0 Å². The molecule has 2 aliphatic heterocycles. The topological polar surface area (TPSA) is 52.6 Å². The van der Waals surface area contributed by atoms with Gasteiger partial charge in [-0.1, -0.05) is 12.1 Å². The van der Waals surface area contributed by atoms with E-state index >= 15 is 0 Å². The second kappa shape index (κ2) is 6.16. The van der Waals surface area contributed by atoms with Crippen molar-refractivity contribution in [2.75, 3.05) is 24.5 Å². The van der Waals surface area contributed by atoms with Crippen LogP contribution >= 0.6 is 0 Å². The molecule has 0 saturated carbocycles. The summed E-state index contributed by atoms with van der Waals surface area (Å²) in [5.74, 6) is 0.444. The van der Waals surface area contributed by atoms with Crippen LogP contribution in [0, 0.1) is 5.92 Å². The minimum atomic E-state index is -0.384. The summed E-state index contributed by atoms with van der Waals surface area (Å²) >= 11 is 0. The van der Waals surface area contributed by atoms with Crippen LogP contribution < -0.4 is 10.2 Å². The number of benzene rings is 1. The highest BCUT2D eigenvalue weighted by atomic mass is 16.3. The number of anilines is 1. The third-order valence-electron chi connectivity index (χ3n) is 4.77. The van der Waals surface area contributed by atoms with Gasteiger partial charge in [0.2, 0.25) is 5.91 Å². The van der Waals surface area contributed by atoms with E-state index in [9.17, 15) is 9.90 Å². The molecule has 114 valence electrons. The Hall–Kier alpha value is -1.39. The van der Waals surface area contributed by atoms with Gasteiger partial charge in [0.15, 0.2) is 0 Å². The Kier molecular flexibility index (Phi) is 4.27. The van der Waals surface area contributed by atoms with Crippen molar-refractivity contribution in [2.24, 2.45) is 5.92 Å². The molecule has 4 nitrogen and oxygen atoms in total. The molecular formula is C17H24N2O2. The molecule has 2 aliphatic rings. The second-order valence-corrected chi connectivity index (χ2v) is 6.19. The first kappa shape index (κ1) is 14.5. The molecule has 4 heteroatoms. The summed E-state index contributed by atoms with van der Waals surface area (Å²) in [6.07, 6.45) is 3.66. The van der Waals surface area contributed by atoms with Gasteiger partial charge in [-0.2, -0.15) is 0 Å². The molecule has 1 saturated heterocycles. The number of carbonyl (C=O) groups is 1. The van der Waals surface area contributed by atoms with Crippen LogP contribution in [0.4, 0.5) is 5.69 Å². The molecule has 3 rings (SSSR count). The van der Waals surface area contributed by atoms with Gasteiger partial charge < -0.3 is 15.3 Å². The summed E-state index contributed by atoms with van der Waals surface area (Å²) in [6.45, 7) is 4.40. The molecule has 1 unspecified atom stereocenters. The Morgan fingerprint density at radius 2 is 2.14 bits per heavy atom. The molecule has 21 heavy (non-hydrogen) atoms. The van der Waals surface area contributed by atoms with E-state index in [2.05, 4.69) is 11.4 Å². The number of aliphatic hydroxyl groups excluding tert-OH is 1. The number of nitrogens with zero attached hydrogens (tertiary/aromatic N) is 1. The minimum absolute atomic E-state index is 0.0996. The van der Waals surface area contributed by atoms with E-state index in [-0.39, 0.29) is 12.0 Å². The lowest BCUT2D eigenvalue weighted by Gasteiger charge is -2.31. The number of fused-ring (bicyclic) bond motifs is 1. The van der Waals surface area contributed by atoms with E-state index in [1.54, 1.807) is 6.92 Å². The molecule has 1 atom stereocenters. The molecule has 2 heterocycles. The zero-order chi connectivity index (χ0) is 14.8. The lowest BCUT2D eigenvalue weighted by molar-refractivity contribution is -0.116. The molecule has 0 bridgehead atoms. The smallest absolute Gasteiger partial charge is 0.223 e. The Morgan fingerprint density at radius 1 is 1.38 bits per heavy atom. The fourth-order valence-electron chi connectivity index (χ4n) is 3.56. The van der Waals surface area contributed by atoms with Crippen LogP contribution in [0.15, 0.2) is 18.2 Å². The van der Waals surface area contributed by atoms with Gasteiger partial charge in [-0.05, 0) is 61.9 Å². The number of amides is 1. The Labute approximate surface area is 126 Å². The van der Waals surface area contributed by atoms with Crippen LogP contribution in [-0.2, 0) is 11.2 Å². The fourth-order valence-corrected chi connectivity index (χ4v) is 3.56. The number of hydrogen-bond acceptors (Lipinski definition) is 3. The maximum Gasteiger partial charge on any atom is 0.223 e. The summed E-state index contributed by atoms with van der Waals surface area (Å²) in [4.78, 5) is 13.5. The van der Waals surface area contributed by atoms with Crippen molar-refractivity contribution in [2.45, 2.75) is 38.7 Å². The Balaban J connectivity index is 1.83. The van der Waals surface area contributed by atoms with Gasteiger partial charge in [0.05, 0.1) is 6.10 Å². The minimum Gasteiger partial charge on any atom is -0.388 e. The summed E-state index contributed by atoms with van der Waals surface area (Å²) in [5.41, 5.74) is 3.22. The number of piperidine rings is 1. The van der Waals surface area contributed by atoms with E-state index in [0.29, 0.717) is 5.92 Å². The van der Waals surface area contributed by atoms with Crippen LogP contribution in [-0.4, -0.2) is 30.6 Å². The van der Waals surface area contributed by atoms with E-state index in [4.69, 9.17) is 0 Å². The lowest BCUT2D eigenvalue weighted by atomic mass is 9.86. The molecule has 1 fully saturated rings. The number of hydrogen-bond donors (Lipinski definition) is 2. The molecule has 1 aromatic rings. The quantitative estimate of drug-likeness (QED) is 0.875. The van der Waals surface area contributed by atoms with Crippen LogP contribution in [0.3, 0.4) is 0 Å². The van der Waals surface area contributed by atoms with Gasteiger partial charge in [-0.3, -0.25) is 4.79 Å². The molecule has 0 radical (unpaired) electrons. The molecule has 2 N–H and O–H groups in total. The van der Waals surface area contributed by atoms with Gasteiger partial charge in [-0.25, -0.2) is 0 Å². The first-order chi connectivity index (χ1) is 10.2. The standard InChI is InChI=1S/C17H24N2O2/c1-12(20)19-10-2-3-14-11-15(4-5-16(14)19)17(21)13-6-8-18-9-7-13/h4-5,11,13,17-18,21H,2-3,6-10H2,1H3. The third kappa shape index (κ3) is 2.97. The summed E-state index contributed by atoms with van der Waals surface area (Å²) < 4.78 is 0. The van der Waals surface area contributed by atoms with Gasteiger partial charge in [0.25, 0.3) is 0 Å². The molecule has 0 aliphatic carbocycles. The number of aliphatic hydroxyl groups is 1. The van der Waals surface area contributed by atoms with Crippen LogP contribution in [0.1, 0.15) is 43.4 Å². The molecule has 1 amide bonds. The van der Waals surface area contributed by atoms with Crippen molar-refractivity contribution in [1.82, 2.24) is 5.32 Å². The Bertz CT molecular complexity index is 524. The molecule has 0 aromatic heterocycles. The van der Waals surface area contributed by atoms with Crippen molar-refractivity contribution >= 4 is 11.6 Å². The Morgan fingerprint density at radius 3 is 2.86 bits per heavy atom. The normalized spacial score (nSPS) is 21.0. The van der Waals surface area contributed by atoms with Crippen molar-refractivity contribution in [1.29, 1.82) is 0 Å². The van der Waals surface area contributed by atoms with E-state index in [1.807, 2.05) is 17.0 Å². The highest BCUT2D eigenvalue weighted by Crippen LogP contribution is 2.34. The van der Waals surface area contributed by atoms with E-state index in [1.165, 1.54) is 5.56 Å². The maximum atomic E-state index is 11.7. The predicted octanol–water partition coefficient (Wildman–Crippen LogP) is 2.02. The SMILES string of the molecule is CC(=O)N1CCCc2cc(C(O)C3CCNCC3)ccc21. The number of rotatable bonds is 2. The van der Waals surface area contributed by atoms with Crippen molar-refractivity contribution in [3.63, 3.8) is 0 Å². The molecule has 0 spiro atoms. The lowest BCUT2D eigenvalue weighted by Crippen LogP contribution is -2.34. The zero-order valence-corrected chi connectivity index (χ0v) is 12.6. The highest BCUT2D eigenvalue weighted by molar-refractivity contribution is 5.92. The second-order valence-electron chi connectivity index (χ2n) is 6.19. The highest BCUT2D eigenvalue weighted by Gasteiger charge is 2.25. The average molecular weight is 288 g/mol. The number of carbonyl (C=O) groups excluding carboxylic acids is 1. The van der Waals surface area contributed by atoms with Crippen LogP contribution in [0.25, 0.3) is 0 Å². The van der Waals surface area contributed by atoms with Gasteiger partial charge >= 0.3 is 0 Å². The van der Waals surface area contributed by atoms with Crippen LogP contribution in [0.5, 0.6) is 0 Å². The van der Waals surface area contributed by atoms with Crippen molar-refractivity contribution < 1.29 is 9.90 Å². The fraction of sp³-hybridized carbons (Fsp3) is 0.588. The van der Waals surface area contributed by atoms with E-state index in [0.717, 1.165) is 56.6 Å². The van der Waals surface area contributed by atoms with Gasteiger partial charge in [0, 0.05) is 19.2 Å². The average Bonchev–Trinajstić information content (AvgIpc) is 2.53. The van der Waals surface area contributed by atoms with Crippen LogP contribution in [0.2, 0.25) is 0 Å². The third-order valence-corrected chi connectivity index (χ3v) is 4.77. The summed E-state index contributed by atoms with van der Waals surface area (Å²) in [6, 6.07) is 6.11. The number of nitrogens with one attached hydrogen (secondary N) is 1. The first-order valence-corrected chi connectivity index (χ1v) is 7.96. The zero-order valence-electron chi connectivity index (χ0n) is 12.6. The summed E-state index contributed by atoms with van der Waals surface area (Å²) in [7, 11) is 0. The monoisotopic (exact) mass is 288 g/mol. The number of aryl methyl sites for hydroxylation is 1. The van der Waals surface area contributed by atoms with Gasteiger partial charge in [-0.15, -0.1) is 0 Å². The van der Waals surface area contributed by atoms with Gasteiger partial charge in [0.1, 0.15) is 0 Å². The van der Waals surface area contributed by atoms with E-state index < -0.39 is 0 Å². The molecule has 1 aromatic carbocycles.